The van der Waals surface area contributed by atoms with Gasteiger partial charge in [0, 0.05) is 18.7 Å². The Morgan fingerprint density at radius 1 is 0.912 bits per heavy atom. The second-order valence-electron chi connectivity index (χ2n) is 7.85. The average Bonchev–Trinajstić information content (AvgIpc) is 3.16. The van der Waals surface area contributed by atoms with Crippen LogP contribution in [0.5, 0.6) is 0 Å². The van der Waals surface area contributed by atoms with Crippen LogP contribution in [0.4, 0.5) is 10.5 Å². The van der Waals surface area contributed by atoms with Gasteiger partial charge in [-0.1, -0.05) is 48.5 Å². The Labute approximate surface area is 196 Å². The summed E-state index contributed by atoms with van der Waals surface area (Å²) in [7, 11) is 1.42. The summed E-state index contributed by atoms with van der Waals surface area (Å²) < 4.78 is 10.6. The number of carboxylic acids is 1. The van der Waals surface area contributed by atoms with Crippen LogP contribution in [0.1, 0.15) is 27.4 Å². The van der Waals surface area contributed by atoms with Crippen molar-refractivity contribution in [2.45, 2.75) is 12.0 Å². The second kappa shape index (κ2) is 10.2. The molecule has 1 atom stereocenters. The lowest BCUT2D eigenvalue weighted by Gasteiger charge is -2.19. The second-order valence-corrected chi connectivity index (χ2v) is 7.85. The van der Waals surface area contributed by atoms with Gasteiger partial charge in [0.05, 0.1) is 12.2 Å². The summed E-state index contributed by atoms with van der Waals surface area (Å²) in [5.41, 5.74) is 4.92. The lowest BCUT2D eigenvalue weighted by atomic mass is 9.98. The highest BCUT2D eigenvalue weighted by atomic mass is 16.5. The fourth-order valence-electron chi connectivity index (χ4n) is 4.06. The number of hydrogen-bond acceptors (Lipinski definition) is 5. The predicted octanol–water partition coefficient (Wildman–Crippen LogP) is 3.88. The van der Waals surface area contributed by atoms with E-state index in [0.717, 1.165) is 22.3 Å². The smallest absolute Gasteiger partial charge is 0.407 e. The molecule has 0 fully saturated rings. The van der Waals surface area contributed by atoms with Crippen LogP contribution in [-0.4, -0.2) is 49.4 Å². The highest BCUT2D eigenvalue weighted by molar-refractivity contribution is 5.97. The Morgan fingerprint density at radius 3 is 2.06 bits per heavy atom. The van der Waals surface area contributed by atoms with Gasteiger partial charge in [-0.3, -0.25) is 4.79 Å². The number of aromatic carboxylic acids is 1. The van der Waals surface area contributed by atoms with Crippen molar-refractivity contribution in [1.82, 2.24) is 5.32 Å². The number of ether oxygens (including phenoxy) is 2. The predicted molar refractivity (Wildman–Crippen MR) is 126 cm³/mol. The molecule has 0 aliphatic heterocycles. The van der Waals surface area contributed by atoms with Crippen molar-refractivity contribution in [2.75, 3.05) is 25.6 Å². The van der Waals surface area contributed by atoms with E-state index in [0.29, 0.717) is 5.69 Å². The summed E-state index contributed by atoms with van der Waals surface area (Å²) in [6.07, 6.45) is -0.736. The number of benzene rings is 3. The quantitative estimate of drug-likeness (QED) is 0.470. The van der Waals surface area contributed by atoms with E-state index in [1.807, 2.05) is 36.4 Å². The minimum absolute atomic E-state index is 0.0662. The third kappa shape index (κ3) is 4.92. The molecule has 0 spiro atoms. The van der Waals surface area contributed by atoms with E-state index in [1.165, 1.54) is 31.4 Å². The number of anilines is 1. The van der Waals surface area contributed by atoms with Gasteiger partial charge >= 0.3 is 12.1 Å². The number of carboxylic acid groups (broad SMARTS) is 1. The van der Waals surface area contributed by atoms with Gasteiger partial charge < -0.3 is 25.2 Å². The molecule has 0 saturated heterocycles. The van der Waals surface area contributed by atoms with Crippen LogP contribution in [-0.2, 0) is 14.3 Å². The number of rotatable bonds is 8. The zero-order valence-electron chi connectivity index (χ0n) is 18.5. The normalized spacial score (nSPS) is 12.9. The standard InChI is InChI=1S/C26H24N2O6/c1-33-15-23(24(29)27-17-12-10-16(11-13-17)25(30)31)28-26(32)34-14-22-20-8-4-2-6-18(20)19-7-3-5-9-21(19)22/h2-13,22-23H,14-15H2,1H3,(H,27,29)(H,28,32)(H,30,31). The largest absolute Gasteiger partial charge is 0.478 e. The first-order valence-electron chi connectivity index (χ1n) is 10.7. The Hall–Kier alpha value is -4.17. The van der Waals surface area contributed by atoms with Crippen molar-refractivity contribution in [3.8, 4) is 11.1 Å². The van der Waals surface area contributed by atoms with Crippen LogP contribution in [0.2, 0.25) is 0 Å². The SMILES string of the molecule is COCC(NC(=O)OCC1c2ccccc2-c2ccccc21)C(=O)Nc1ccc(C(=O)O)cc1. The molecule has 0 bridgehead atoms. The topological polar surface area (TPSA) is 114 Å². The van der Waals surface area contributed by atoms with Gasteiger partial charge in [-0.15, -0.1) is 0 Å². The van der Waals surface area contributed by atoms with Gasteiger partial charge in [0.25, 0.3) is 0 Å². The van der Waals surface area contributed by atoms with Gasteiger partial charge in [0.15, 0.2) is 0 Å². The van der Waals surface area contributed by atoms with E-state index in [4.69, 9.17) is 14.6 Å². The van der Waals surface area contributed by atoms with Crippen LogP contribution in [0.3, 0.4) is 0 Å². The first-order valence-corrected chi connectivity index (χ1v) is 10.7. The monoisotopic (exact) mass is 460 g/mol. The first kappa shape index (κ1) is 23.0. The summed E-state index contributed by atoms with van der Waals surface area (Å²) >= 11 is 0. The summed E-state index contributed by atoms with van der Waals surface area (Å²) in [6.45, 7) is 0.0566. The Morgan fingerprint density at radius 2 is 1.50 bits per heavy atom. The van der Waals surface area contributed by atoms with Crippen molar-refractivity contribution in [3.05, 3.63) is 89.5 Å². The summed E-state index contributed by atoms with van der Waals surface area (Å²) in [5.74, 6) is -1.67. The number of hydrogen-bond donors (Lipinski definition) is 3. The average molecular weight is 460 g/mol. The number of carbonyl (C=O) groups is 3. The Kier molecular flexibility index (Phi) is 6.89. The molecule has 174 valence electrons. The molecule has 0 radical (unpaired) electrons. The number of carbonyl (C=O) groups excluding carboxylic acids is 2. The highest BCUT2D eigenvalue weighted by Crippen LogP contribution is 2.44. The first-order chi connectivity index (χ1) is 16.5. The van der Waals surface area contributed by atoms with Crippen LogP contribution in [0, 0.1) is 0 Å². The zero-order chi connectivity index (χ0) is 24.1. The minimum atomic E-state index is -1.06. The van der Waals surface area contributed by atoms with Gasteiger partial charge in [-0.2, -0.15) is 0 Å². The number of methoxy groups -OCH3 is 1. The van der Waals surface area contributed by atoms with E-state index in [9.17, 15) is 14.4 Å². The van der Waals surface area contributed by atoms with Crippen molar-refractivity contribution in [3.63, 3.8) is 0 Å². The molecule has 3 aromatic rings. The molecular weight excluding hydrogens is 436 g/mol. The van der Waals surface area contributed by atoms with Crippen LogP contribution in [0.15, 0.2) is 72.8 Å². The molecule has 1 unspecified atom stereocenters. The lowest BCUT2D eigenvalue weighted by molar-refractivity contribution is -0.119. The van der Waals surface area contributed by atoms with Crippen molar-refractivity contribution >= 4 is 23.7 Å². The number of amides is 2. The Bertz CT molecular complexity index is 1160. The highest BCUT2D eigenvalue weighted by Gasteiger charge is 2.29. The van der Waals surface area contributed by atoms with Crippen LogP contribution < -0.4 is 10.6 Å². The van der Waals surface area contributed by atoms with Gasteiger partial charge in [0.2, 0.25) is 5.91 Å². The molecule has 0 heterocycles. The summed E-state index contributed by atoms with van der Waals surface area (Å²) in [6, 6.07) is 20.7. The zero-order valence-corrected chi connectivity index (χ0v) is 18.5. The third-order valence-electron chi connectivity index (χ3n) is 5.68. The molecule has 1 aliphatic carbocycles. The van der Waals surface area contributed by atoms with E-state index in [2.05, 4.69) is 22.8 Å². The summed E-state index contributed by atoms with van der Waals surface area (Å²) in [5, 5.41) is 14.2. The van der Waals surface area contributed by atoms with E-state index >= 15 is 0 Å². The molecule has 3 aromatic carbocycles. The number of alkyl carbamates (subject to hydrolysis) is 1. The molecular formula is C26H24N2O6. The number of nitrogens with one attached hydrogen (secondary N) is 2. The van der Waals surface area contributed by atoms with Gasteiger partial charge in [-0.25, -0.2) is 9.59 Å². The third-order valence-corrected chi connectivity index (χ3v) is 5.68. The molecule has 3 N–H and O–H groups in total. The molecule has 34 heavy (non-hydrogen) atoms. The van der Waals surface area contributed by atoms with Crippen molar-refractivity contribution in [1.29, 1.82) is 0 Å². The Balaban J connectivity index is 1.39. The maximum atomic E-state index is 12.7. The summed E-state index contributed by atoms with van der Waals surface area (Å²) in [4.78, 5) is 36.2. The molecule has 8 heteroatoms. The molecule has 0 aromatic heterocycles. The van der Waals surface area contributed by atoms with Crippen LogP contribution in [0.25, 0.3) is 11.1 Å². The van der Waals surface area contributed by atoms with Gasteiger partial charge in [0.1, 0.15) is 12.6 Å². The molecule has 4 rings (SSSR count). The fraction of sp³-hybridized carbons (Fsp3) is 0.192. The van der Waals surface area contributed by atoms with Crippen molar-refractivity contribution < 1.29 is 29.0 Å². The van der Waals surface area contributed by atoms with E-state index in [-0.39, 0.29) is 24.7 Å². The molecule has 8 nitrogen and oxygen atoms in total. The van der Waals surface area contributed by atoms with Crippen molar-refractivity contribution in [2.24, 2.45) is 0 Å². The van der Waals surface area contributed by atoms with Crippen LogP contribution >= 0.6 is 0 Å². The molecule has 2 amide bonds. The minimum Gasteiger partial charge on any atom is -0.478 e. The lowest BCUT2D eigenvalue weighted by Crippen LogP contribution is -2.47. The maximum Gasteiger partial charge on any atom is 0.407 e. The fourth-order valence-corrected chi connectivity index (χ4v) is 4.06. The molecule has 0 saturated carbocycles. The molecule has 1 aliphatic rings. The van der Waals surface area contributed by atoms with E-state index in [1.54, 1.807) is 0 Å². The van der Waals surface area contributed by atoms with Gasteiger partial charge in [-0.05, 0) is 46.5 Å². The number of fused-ring (bicyclic) bond motifs is 3. The maximum absolute atomic E-state index is 12.7. The van der Waals surface area contributed by atoms with E-state index < -0.39 is 24.0 Å².